The normalized spacial score (nSPS) is 18.3. The number of pyridine rings is 1. The summed E-state index contributed by atoms with van der Waals surface area (Å²) in [6, 6.07) is 11.2. The van der Waals surface area contributed by atoms with Gasteiger partial charge in [0, 0.05) is 18.3 Å². The van der Waals surface area contributed by atoms with Gasteiger partial charge >= 0.3 is 0 Å². The molecule has 1 aliphatic rings. The van der Waals surface area contributed by atoms with Gasteiger partial charge in [-0.1, -0.05) is 6.07 Å². The number of hydrogen-bond acceptors (Lipinski definition) is 6. The number of carbonyl (C=O) groups is 2. The fraction of sp³-hybridized carbons (Fsp3) is 0.348. The van der Waals surface area contributed by atoms with E-state index in [0.29, 0.717) is 23.6 Å². The largest absolute Gasteiger partial charge is 0.507 e. The third-order valence-electron chi connectivity index (χ3n) is 4.73. The van der Waals surface area contributed by atoms with Crippen LogP contribution in [-0.2, 0) is 14.3 Å². The first-order valence-electron chi connectivity index (χ1n) is 9.98. The number of ketones is 1. The summed E-state index contributed by atoms with van der Waals surface area (Å²) < 4.78 is 11.0. The average molecular weight is 410 g/mol. The van der Waals surface area contributed by atoms with Gasteiger partial charge in [-0.2, -0.15) is 0 Å². The molecule has 7 heteroatoms. The highest BCUT2D eigenvalue weighted by atomic mass is 16.5. The van der Waals surface area contributed by atoms with Crippen molar-refractivity contribution in [1.29, 1.82) is 0 Å². The molecular weight excluding hydrogens is 384 g/mol. The van der Waals surface area contributed by atoms with Crippen LogP contribution in [0.1, 0.15) is 38.1 Å². The molecule has 0 spiro atoms. The van der Waals surface area contributed by atoms with Crippen LogP contribution in [0.4, 0.5) is 0 Å². The average Bonchev–Trinajstić information content (AvgIpc) is 2.99. The smallest absolute Gasteiger partial charge is 0.295 e. The van der Waals surface area contributed by atoms with E-state index in [4.69, 9.17) is 9.47 Å². The summed E-state index contributed by atoms with van der Waals surface area (Å²) in [5.41, 5.74) is 0.956. The molecule has 0 saturated carbocycles. The molecule has 158 valence electrons. The third-order valence-corrected chi connectivity index (χ3v) is 4.73. The number of nitrogens with zero attached hydrogens (tertiary/aromatic N) is 2. The summed E-state index contributed by atoms with van der Waals surface area (Å²) >= 11 is 0. The van der Waals surface area contributed by atoms with Crippen molar-refractivity contribution in [3.8, 4) is 5.75 Å². The summed E-state index contributed by atoms with van der Waals surface area (Å²) in [4.78, 5) is 31.4. The highest BCUT2D eigenvalue weighted by Gasteiger charge is 2.46. The van der Waals surface area contributed by atoms with E-state index in [1.165, 1.54) is 4.90 Å². The first kappa shape index (κ1) is 21.5. The van der Waals surface area contributed by atoms with Crippen molar-refractivity contribution in [2.24, 2.45) is 0 Å². The number of Topliss-reactive ketones (excluding diaryl/α,β-unsaturated/α-hetero) is 1. The summed E-state index contributed by atoms with van der Waals surface area (Å²) in [5.74, 6) is -0.993. The Bertz CT molecular complexity index is 922. The zero-order valence-electron chi connectivity index (χ0n) is 17.4. The Labute approximate surface area is 175 Å². The van der Waals surface area contributed by atoms with Crippen molar-refractivity contribution in [2.45, 2.75) is 32.9 Å². The summed E-state index contributed by atoms with van der Waals surface area (Å²) in [7, 11) is 0. The molecule has 1 N–H and O–H groups in total. The minimum absolute atomic E-state index is 0.000948. The van der Waals surface area contributed by atoms with Crippen LogP contribution in [0.25, 0.3) is 5.76 Å². The van der Waals surface area contributed by atoms with Crippen LogP contribution in [0, 0.1) is 0 Å². The lowest BCUT2D eigenvalue weighted by atomic mass is 9.98. The first-order valence-corrected chi connectivity index (χ1v) is 9.98. The van der Waals surface area contributed by atoms with E-state index >= 15 is 0 Å². The van der Waals surface area contributed by atoms with Crippen molar-refractivity contribution >= 4 is 17.4 Å². The molecule has 1 unspecified atom stereocenters. The number of hydrogen-bond donors (Lipinski definition) is 1. The highest BCUT2D eigenvalue weighted by Crippen LogP contribution is 2.38. The standard InChI is InChI=1S/C23H26N2O5/c1-4-29-17-10-8-16(9-11-17)21(26)19-20(18-7-5-6-12-24-18)25(23(28)22(19)27)13-14-30-15(2)3/h5-12,15,20,26H,4,13-14H2,1-3H3/b21-19-. The Morgan fingerprint density at radius 3 is 2.50 bits per heavy atom. The maximum atomic E-state index is 12.9. The molecule has 3 rings (SSSR count). The zero-order chi connectivity index (χ0) is 21.7. The Balaban J connectivity index is 2.02. The molecule has 30 heavy (non-hydrogen) atoms. The fourth-order valence-electron chi connectivity index (χ4n) is 3.37. The van der Waals surface area contributed by atoms with Crippen LogP contribution in [0.3, 0.4) is 0 Å². The summed E-state index contributed by atoms with van der Waals surface area (Å²) in [6.45, 7) is 6.69. The van der Waals surface area contributed by atoms with Gasteiger partial charge in [-0.15, -0.1) is 0 Å². The number of aliphatic hydroxyl groups is 1. The van der Waals surface area contributed by atoms with Crippen LogP contribution in [0.2, 0.25) is 0 Å². The van der Waals surface area contributed by atoms with E-state index in [-0.39, 0.29) is 30.6 Å². The van der Waals surface area contributed by atoms with Crippen molar-refractivity contribution in [3.05, 3.63) is 65.5 Å². The second kappa shape index (κ2) is 9.54. The zero-order valence-corrected chi connectivity index (χ0v) is 17.4. The number of ether oxygens (including phenoxy) is 2. The van der Waals surface area contributed by atoms with E-state index in [1.54, 1.807) is 48.7 Å². The second-order valence-corrected chi connectivity index (χ2v) is 7.12. The monoisotopic (exact) mass is 410 g/mol. The van der Waals surface area contributed by atoms with Gasteiger partial charge in [0.2, 0.25) is 0 Å². The van der Waals surface area contributed by atoms with E-state index < -0.39 is 17.7 Å². The van der Waals surface area contributed by atoms with Gasteiger partial charge in [0.15, 0.2) is 0 Å². The quantitative estimate of drug-likeness (QED) is 0.408. The van der Waals surface area contributed by atoms with Crippen LogP contribution < -0.4 is 4.74 Å². The van der Waals surface area contributed by atoms with Gasteiger partial charge in [0.1, 0.15) is 17.6 Å². The second-order valence-electron chi connectivity index (χ2n) is 7.12. The minimum atomic E-state index is -0.784. The third kappa shape index (κ3) is 4.52. The maximum Gasteiger partial charge on any atom is 0.295 e. The lowest BCUT2D eigenvalue weighted by molar-refractivity contribution is -0.140. The SMILES string of the molecule is CCOc1ccc(/C(O)=C2/C(=O)C(=O)N(CCOC(C)C)C2c2ccccn2)cc1. The lowest BCUT2D eigenvalue weighted by Crippen LogP contribution is -2.33. The molecule has 2 heterocycles. The van der Waals surface area contributed by atoms with Crippen molar-refractivity contribution in [1.82, 2.24) is 9.88 Å². The van der Waals surface area contributed by atoms with E-state index in [1.807, 2.05) is 20.8 Å². The Morgan fingerprint density at radius 1 is 1.17 bits per heavy atom. The predicted molar refractivity (Wildman–Crippen MR) is 112 cm³/mol. The Hall–Kier alpha value is -3.19. The van der Waals surface area contributed by atoms with Crippen molar-refractivity contribution < 1.29 is 24.2 Å². The molecule has 1 aromatic heterocycles. The van der Waals surface area contributed by atoms with Crippen molar-refractivity contribution in [3.63, 3.8) is 0 Å². The number of benzene rings is 1. The van der Waals surface area contributed by atoms with E-state index in [9.17, 15) is 14.7 Å². The number of rotatable bonds is 8. The molecular formula is C23H26N2O5. The number of carbonyl (C=O) groups excluding carboxylic acids is 2. The topological polar surface area (TPSA) is 89.0 Å². The van der Waals surface area contributed by atoms with Crippen molar-refractivity contribution in [2.75, 3.05) is 19.8 Å². The lowest BCUT2D eigenvalue weighted by Gasteiger charge is -2.24. The molecule has 1 amide bonds. The molecule has 1 aromatic carbocycles. The van der Waals surface area contributed by atoms with Gasteiger partial charge in [-0.3, -0.25) is 14.6 Å². The molecule has 7 nitrogen and oxygen atoms in total. The van der Waals surface area contributed by atoms with E-state index in [0.717, 1.165) is 0 Å². The van der Waals surface area contributed by atoms with Crippen LogP contribution in [0.15, 0.2) is 54.2 Å². The molecule has 0 bridgehead atoms. The molecule has 2 aromatic rings. The molecule has 1 aliphatic heterocycles. The number of aromatic nitrogens is 1. The van der Waals surface area contributed by atoms with Gasteiger partial charge < -0.3 is 19.5 Å². The molecule has 1 atom stereocenters. The predicted octanol–water partition coefficient (Wildman–Crippen LogP) is 3.33. The van der Waals surface area contributed by atoms with Crippen LogP contribution in [-0.4, -0.2) is 52.5 Å². The highest BCUT2D eigenvalue weighted by molar-refractivity contribution is 6.46. The van der Waals surface area contributed by atoms with Gasteiger partial charge in [-0.05, 0) is 57.2 Å². The summed E-state index contributed by atoms with van der Waals surface area (Å²) in [5, 5.41) is 11.0. The first-order chi connectivity index (χ1) is 14.4. The minimum Gasteiger partial charge on any atom is -0.507 e. The van der Waals surface area contributed by atoms with Gasteiger partial charge in [0.25, 0.3) is 11.7 Å². The fourth-order valence-corrected chi connectivity index (χ4v) is 3.37. The Morgan fingerprint density at radius 2 is 1.90 bits per heavy atom. The van der Waals surface area contributed by atoms with Gasteiger partial charge in [-0.25, -0.2) is 0 Å². The van der Waals surface area contributed by atoms with E-state index in [2.05, 4.69) is 4.98 Å². The molecule has 1 saturated heterocycles. The molecule has 0 radical (unpaired) electrons. The molecule has 0 aliphatic carbocycles. The number of likely N-dealkylation sites (tertiary alicyclic amines) is 1. The summed E-state index contributed by atoms with van der Waals surface area (Å²) in [6.07, 6.45) is 1.59. The van der Waals surface area contributed by atoms with Crippen LogP contribution in [0.5, 0.6) is 5.75 Å². The number of amides is 1. The maximum absolute atomic E-state index is 12.9. The Kier molecular flexibility index (Phi) is 6.84. The molecule has 1 fully saturated rings. The van der Waals surface area contributed by atoms with Crippen LogP contribution >= 0.6 is 0 Å². The van der Waals surface area contributed by atoms with Gasteiger partial charge in [0.05, 0.1) is 30.6 Å². The number of aliphatic hydroxyl groups excluding tert-OH is 1.